The van der Waals surface area contributed by atoms with Crippen LogP contribution >= 0.6 is 0 Å². The predicted octanol–water partition coefficient (Wildman–Crippen LogP) is 4.22. The molecule has 0 rings (SSSR count). The molecule has 0 radical (unpaired) electrons. The minimum Gasteiger partial charge on any atom is -0.490 e. The highest BCUT2D eigenvalue weighted by molar-refractivity contribution is 5.85. The fourth-order valence-electron chi connectivity index (χ4n) is 1.86. The molecule has 0 unspecified atom stereocenters. The Labute approximate surface area is 112 Å². The van der Waals surface area contributed by atoms with Gasteiger partial charge in [-0.3, -0.25) is 0 Å². The van der Waals surface area contributed by atoms with E-state index in [1.807, 2.05) is 6.08 Å². The molecule has 18 heavy (non-hydrogen) atoms. The molecule has 0 aromatic rings. The number of hydrogen-bond acceptors (Lipinski definition) is 3. The number of carbonyl (C=O) groups is 1. The van der Waals surface area contributed by atoms with Crippen LogP contribution in [-0.2, 0) is 14.3 Å². The maximum absolute atomic E-state index is 11.2. The van der Waals surface area contributed by atoms with E-state index in [1.54, 1.807) is 0 Å². The zero-order chi connectivity index (χ0) is 13.6. The summed E-state index contributed by atoms with van der Waals surface area (Å²) in [6.45, 7) is 2.24. The standard InChI is InChI=1S/C15H28O3/c1-4-5-6-7-8-9-10-11-12-13-14(17-2)15(16)18-3/h13H,4-12H2,1-3H3/b14-13-. The first-order valence-corrected chi connectivity index (χ1v) is 7.08. The Kier molecular flexibility index (Phi) is 11.8. The smallest absolute Gasteiger partial charge is 0.372 e. The van der Waals surface area contributed by atoms with Crippen molar-refractivity contribution >= 4 is 5.97 Å². The van der Waals surface area contributed by atoms with Crippen molar-refractivity contribution in [3.63, 3.8) is 0 Å². The second kappa shape index (κ2) is 12.5. The largest absolute Gasteiger partial charge is 0.490 e. The van der Waals surface area contributed by atoms with Crippen LogP contribution in [0.3, 0.4) is 0 Å². The van der Waals surface area contributed by atoms with Crippen molar-refractivity contribution < 1.29 is 14.3 Å². The summed E-state index contributed by atoms with van der Waals surface area (Å²) < 4.78 is 9.57. The first kappa shape index (κ1) is 17.0. The van der Waals surface area contributed by atoms with E-state index in [2.05, 4.69) is 11.7 Å². The monoisotopic (exact) mass is 256 g/mol. The molecular formula is C15H28O3. The quantitative estimate of drug-likeness (QED) is 0.240. The third-order valence-corrected chi connectivity index (χ3v) is 2.99. The average Bonchev–Trinajstić information content (AvgIpc) is 2.40. The van der Waals surface area contributed by atoms with Gasteiger partial charge in [0.15, 0.2) is 5.76 Å². The van der Waals surface area contributed by atoms with Crippen molar-refractivity contribution in [2.75, 3.05) is 14.2 Å². The molecule has 3 heteroatoms. The Morgan fingerprint density at radius 2 is 1.44 bits per heavy atom. The molecular weight excluding hydrogens is 228 g/mol. The molecule has 0 saturated heterocycles. The molecule has 106 valence electrons. The number of carbonyl (C=O) groups excluding carboxylic acids is 1. The Balaban J connectivity index is 3.48. The minimum atomic E-state index is -0.392. The van der Waals surface area contributed by atoms with Crippen LogP contribution in [0.4, 0.5) is 0 Å². The summed E-state index contributed by atoms with van der Waals surface area (Å²) in [5.41, 5.74) is 0. The molecule has 0 atom stereocenters. The van der Waals surface area contributed by atoms with Gasteiger partial charge in [-0.1, -0.05) is 51.9 Å². The lowest BCUT2D eigenvalue weighted by Crippen LogP contribution is -2.06. The zero-order valence-corrected chi connectivity index (χ0v) is 12.2. The summed E-state index contributed by atoms with van der Waals surface area (Å²) in [6, 6.07) is 0. The summed E-state index contributed by atoms with van der Waals surface area (Å²) in [5.74, 6) is -0.0717. The maximum atomic E-state index is 11.2. The van der Waals surface area contributed by atoms with Crippen molar-refractivity contribution in [2.45, 2.75) is 64.7 Å². The Bertz CT molecular complexity index is 234. The van der Waals surface area contributed by atoms with Crippen LogP contribution in [0.5, 0.6) is 0 Å². The molecule has 0 aliphatic carbocycles. The van der Waals surface area contributed by atoms with E-state index in [-0.39, 0.29) is 0 Å². The topological polar surface area (TPSA) is 35.5 Å². The number of esters is 1. The summed E-state index contributed by atoms with van der Waals surface area (Å²) in [5, 5.41) is 0. The highest BCUT2D eigenvalue weighted by Crippen LogP contribution is 2.11. The first-order chi connectivity index (χ1) is 8.76. The summed E-state index contributed by atoms with van der Waals surface area (Å²) in [6.07, 6.45) is 13.0. The van der Waals surface area contributed by atoms with E-state index < -0.39 is 5.97 Å². The van der Waals surface area contributed by atoms with E-state index in [4.69, 9.17) is 4.74 Å². The van der Waals surface area contributed by atoms with Crippen LogP contribution in [0.1, 0.15) is 64.7 Å². The Morgan fingerprint density at radius 3 is 1.94 bits per heavy atom. The van der Waals surface area contributed by atoms with E-state index in [0.29, 0.717) is 5.76 Å². The lowest BCUT2D eigenvalue weighted by Gasteiger charge is -2.03. The van der Waals surface area contributed by atoms with Gasteiger partial charge in [0, 0.05) is 0 Å². The lowest BCUT2D eigenvalue weighted by atomic mass is 10.1. The summed E-state index contributed by atoms with van der Waals surface area (Å²) in [7, 11) is 2.86. The van der Waals surface area contributed by atoms with Crippen LogP contribution in [0.2, 0.25) is 0 Å². The highest BCUT2D eigenvalue weighted by atomic mass is 16.6. The average molecular weight is 256 g/mol. The molecule has 0 amide bonds. The summed E-state index contributed by atoms with van der Waals surface area (Å²) >= 11 is 0. The van der Waals surface area contributed by atoms with Crippen LogP contribution < -0.4 is 0 Å². The molecule has 0 spiro atoms. The molecule has 0 bridgehead atoms. The van der Waals surface area contributed by atoms with Gasteiger partial charge in [-0.05, 0) is 18.9 Å². The molecule has 3 nitrogen and oxygen atoms in total. The van der Waals surface area contributed by atoms with Crippen LogP contribution in [0.25, 0.3) is 0 Å². The second-order valence-electron chi connectivity index (χ2n) is 4.53. The molecule has 0 aliphatic heterocycles. The van der Waals surface area contributed by atoms with Crippen molar-refractivity contribution in [3.05, 3.63) is 11.8 Å². The van der Waals surface area contributed by atoms with Gasteiger partial charge in [0.2, 0.25) is 0 Å². The van der Waals surface area contributed by atoms with Crippen molar-refractivity contribution in [1.29, 1.82) is 0 Å². The van der Waals surface area contributed by atoms with Crippen molar-refractivity contribution in [2.24, 2.45) is 0 Å². The van der Waals surface area contributed by atoms with Gasteiger partial charge < -0.3 is 9.47 Å². The normalized spacial score (nSPS) is 11.4. The van der Waals surface area contributed by atoms with Gasteiger partial charge in [-0.15, -0.1) is 0 Å². The fourth-order valence-corrected chi connectivity index (χ4v) is 1.86. The SMILES string of the molecule is CCCCCCCCCC/C=C(\OC)C(=O)OC. The van der Waals surface area contributed by atoms with Gasteiger partial charge >= 0.3 is 5.97 Å². The summed E-state index contributed by atoms with van der Waals surface area (Å²) in [4.78, 5) is 11.2. The number of allylic oxidation sites excluding steroid dienone is 1. The second-order valence-corrected chi connectivity index (χ2v) is 4.53. The molecule has 0 aromatic heterocycles. The van der Waals surface area contributed by atoms with Gasteiger partial charge in [-0.2, -0.15) is 0 Å². The van der Waals surface area contributed by atoms with Gasteiger partial charge in [0.25, 0.3) is 0 Å². The van der Waals surface area contributed by atoms with Gasteiger partial charge in [0.1, 0.15) is 0 Å². The zero-order valence-electron chi connectivity index (χ0n) is 12.2. The maximum Gasteiger partial charge on any atom is 0.372 e. The number of ether oxygens (including phenoxy) is 2. The third-order valence-electron chi connectivity index (χ3n) is 2.99. The lowest BCUT2D eigenvalue weighted by molar-refractivity contribution is -0.139. The minimum absolute atomic E-state index is 0.320. The molecule has 0 N–H and O–H groups in total. The molecule has 0 fully saturated rings. The van der Waals surface area contributed by atoms with Crippen LogP contribution in [0, 0.1) is 0 Å². The molecule has 0 aliphatic rings. The highest BCUT2D eigenvalue weighted by Gasteiger charge is 2.07. The Morgan fingerprint density at radius 1 is 0.889 bits per heavy atom. The number of unbranched alkanes of at least 4 members (excludes halogenated alkanes) is 8. The van der Waals surface area contributed by atoms with Crippen molar-refractivity contribution in [3.8, 4) is 0 Å². The van der Waals surface area contributed by atoms with Crippen LogP contribution in [-0.4, -0.2) is 20.2 Å². The predicted molar refractivity (Wildman–Crippen MR) is 74.3 cm³/mol. The van der Waals surface area contributed by atoms with E-state index in [9.17, 15) is 4.79 Å². The van der Waals surface area contributed by atoms with Crippen molar-refractivity contribution in [1.82, 2.24) is 0 Å². The van der Waals surface area contributed by atoms with E-state index >= 15 is 0 Å². The fraction of sp³-hybridized carbons (Fsp3) is 0.800. The van der Waals surface area contributed by atoms with Gasteiger partial charge in [-0.25, -0.2) is 4.79 Å². The Hall–Kier alpha value is -0.990. The van der Waals surface area contributed by atoms with Gasteiger partial charge in [0.05, 0.1) is 14.2 Å². The molecule has 0 aromatic carbocycles. The van der Waals surface area contributed by atoms with E-state index in [1.165, 1.54) is 59.2 Å². The number of hydrogen-bond donors (Lipinski definition) is 0. The third kappa shape index (κ3) is 9.08. The van der Waals surface area contributed by atoms with Crippen LogP contribution in [0.15, 0.2) is 11.8 Å². The number of methoxy groups -OCH3 is 2. The molecule has 0 saturated carbocycles. The van der Waals surface area contributed by atoms with E-state index in [0.717, 1.165) is 12.8 Å². The first-order valence-electron chi connectivity index (χ1n) is 7.08. The molecule has 0 heterocycles. The number of rotatable bonds is 11.